The molecule has 2 atom stereocenters. The van der Waals surface area contributed by atoms with E-state index in [2.05, 4.69) is 6.92 Å². The molecular formula is C9H17NO. The van der Waals surface area contributed by atoms with E-state index in [1.807, 2.05) is 0 Å². The molecule has 2 heteroatoms. The van der Waals surface area contributed by atoms with Crippen molar-refractivity contribution in [2.24, 2.45) is 17.6 Å². The first-order valence-corrected chi connectivity index (χ1v) is 4.48. The van der Waals surface area contributed by atoms with Gasteiger partial charge in [-0.05, 0) is 18.3 Å². The van der Waals surface area contributed by atoms with Crippen LogP contribution < -0.4 is 5.73 Å². The number of hydrogen-bond donors (Lipinski definition) is 1. The largest absolute Gasteiger partial charge is 0.370 e. The number of primary amides is 1. The smallest absolute Gasteiger partial charge is 0.217 e. The quantitative estimate of drug-likeness (QED) is 0.662. The van der Waals surface area contributed by atoms with Crippen LogP contribution in [0, 0.1) is 11.8 Å². The Morgan fingerprint density at radius 2 is 2.27 bits per heavy atom. The standard InChI is InChI=1S/C9H17NO/c1-7-3-2-4-8(7)5-6-9(10)11/h7-8H,2-6H2,1H3,(H2,10,11). The van der Waals surface area contributed by atoms with Crippen molar-refractivity contribution in [3.63, 3.8) is 0 Å². The minimum absolute atomic E-state index is 0.149. The second-order valence-electron chi connectivity index (χ2n) is 3.67. The van der Waals surface area contributed by atoms with Crippen LogP contribution in [0.5, 0.6) is 0 Å². The Bertz CT molecular complexity index is 144. The maximum absolute atomic E-state index is 10.5. The molecule has 2 unspecified atom stereocenters. The fourth-order valence-corrected chi connectivity index (χ4v) is 1.98. The molecule has 2 nitrogen and oxygen atoms in total. The average molecular weight is 155 g/mol. The van der Waals surface area contributed by atoms with E-state index in [1.54, 1.807) is 0 Å². The summed E-state index contributed by atoms with van der Waals surface area (Å²) in [4.78, 5) is 10.5. The van der Waals surface area contributed by atoms with E-state index in [1.165, 1.54) is 19.3 Å². The predicted molar refractivity (Wildman–Crippen MR) is 44.9 cm³/mol. The molecule has 0 radical (unpaired) electrons. The van der Waals surface area contributed by atoms with Gasteiger partial charge in [0.2, 0.25) is 5.91 Å². The molecule has 0 spiro atoms. The number of hydrogen-bond acceptors (Lipinski definition) is 1. The molecule has 0 bridgehead atoms. The van der Waals surface area contributed by atoms with E-state index in [4.69, 9.17) is 5.73 Å². The second kappa shape index (κ2) is 3.74. The summed E-state index contributed by atoms with van der Waals surface area (Å²) in [7, 11) is 0. The maximum atomic E-state index is 10.5. The molecule has 1 rings (SSSR count). The molecule has 64 valence electrons. The minimum atomic E-state index is -0.149. The van der Waals surface area contributed by atoms with Crippen molar-refractivity contribution in [1.82, 2.24) is 0 Å². The number of carbonyl (C=O) groups is 1. The molecule has 1 amide bonds. The first-order chi connectivity index (χ1) is 5.20. The molecule has 2 N–H and O–H groups in total. The van der Waals surface area contributed by atoms with Gasteiger partial charge in [-0.3, -0.25) is 4.79 Å². The molecule has 0 aromatic rings. The van der Waals surface area contributed by atoms with E-state index < -0.39 is 0 Å². The third kappa shape index (κ3) is 2.52. The average Bonchev–Trinajstić information content (AvgIpc) is 2.31. The SMILES string of the molecule is CC1CCCC1CCC(N)=O. The van der Waals surface area contributed by atoms with Crippen LogP contribution in [0.1, 0.15) is 39.0 Å². The van der Waals surface area contributed by atoms with Crippen molar-refractivity contribution < 1.29 is 4.79 Å². The van der Waals surface area contributed by atoms with Crippen LogP contribution in [0.4, 0.5) is 0 Å². The highest BCUT2D eigenvalue weighted by molar-refractivity contribution is 5.73. The van der Waals surface area contributed by atoms with Gasteiger partial charge in [0.05, 0.1) is 0 Å². The highest BCUT2D eigenvalue weighted by Gasteiger charge is 2.22. The molecule has 11 heavy (non-hydrogen) atoms. The van der Waals surface area contributed by atoms with Crippen LogP contribution >= 0.6 is 0 Å². The summed E-state index contributed by atoms with van der Waals surface area (Å²) in [6.07, 6.45) is 5.56. The lowest BCUT2D eigenvalue weighted by atomic mass is 9.93. The van der Waals surface area contributed by atoms with Gasteiger partial charge in [-0.1, -0.05) is 26.2 Å². The van der Waals surface area contributed by atoms with Gasteiger partial charge in [-0.25, -0.2) is 0 Å². The molecule has 0 aliphatic heterocycles. The van der Waals surface area contributed by atoms with Crippen molar-refractivity contribution in [1.29, 1.82) is 0 Å². The van der Waals surface area contributed by atoms with E-state index in [0.29, 0.717) is 6.42 Å². The summed E-state index contributed by atoms with van der Waals surface area (Å²) in [5.41, 5.74) is 5.08. The van der Waals surface area contributed by atoms with Gasteiger partial charge in [-0.2, -0.15) is 0 Å². The molecule has 1 aliphatic carbocycles. The highest BCUT2D eigenvalue weighted by atomic mass is 16.1. The van der Waals surface area contributed by atoms with Gasteiger partial charge < -0.3 is 5.73 Å². The fourth-order valence-electron chi connectivity index (χ4n) is 1.98. The van der Waals surface area contributed by atoms with Gasteiger partial charge in [-0.15, -0.1) is 0 Å². The minimum Gasteiger partial charge on any atom is -0.370 e. The lowest BCUT2D eigenvalue weighted by molar-refractivity contribution is -0.118. The Morgan fingerprint density at radius 1 is 1.55 bits per heavy atom. The summed E-state index contributed by atoms with van der Waals surface area (Å²) < 4.78 is 0. The Labute approximate surface area is 68.2 Å². The normalized spacial score (nSPS) is 30.6. The van der Waals surface area contributed by atoms with Crippen LogP contribution in [-0.2, 0) is 4.79 Å². The fraction of sp³-hybridized carbons (Fsp3) is 0.889. The van der Waals surface area contributed by atoms with Gasteiger partial charge >= 0.3 is 0 Å². The molecule has 1 saturated carbocycles. The van der Waals surface area contributed by atoms with Crippen molar-refractivity contribution in [3.05, 3.63) is 0 Å². The maximum Gasteiger partial charge on any atom is 0.217 e. The van der Waals surface area contributed by atoms with Crippen LogP contribution in [0.15, 0.2) is 0 Å². The number of carbonyl (C=O) groups excluding carboxylic acids is 1. The third-order valence-electron chi connectivity index (χ3n) is 2.80. The summed E-state index contributed by atoms with van der Waals surface area (Å²) in [5, 5.41) is 0. The molecule has 1 fully saturated rings. The monoisotopic (exact) mass is 155 g/mol. The summed E-state index contributed by atoms with van der Waals surface area (Å²) in [6.45, 7) is 2.28. The molecule has 0 aromatic heterocycles. The summed E-state index contributed by atoms with van der Waals surface area (Å²) in [5.74, 6) is 1.43. The van der Waals surface area contributed by atoms with Crippen molar-refractivity contribution in [2.45, 2.75) is 39.0 Å². The van der Waals surface area contributed by atoms with Crippen LogP contribution in [0.25, 0.3) is 0 Å². The van der Waals surface area contributed by atoms with Gasteiger partial charge in [0, 0.05) is 6.42 Å². The van der Waals surface area contributed by atoms with Gasteiger partial charge in [0.25, 0.3) is 0 Å². The summed E-state index contributed by atoms with van der Waals surface area (Å²) >= 11 is 0. The third-order valence-corrected chi connectivity index (χ3v) is 2.80. The van der Waals surface area contributed by atoms with E-state index >= 15 is 0 Å². The van der Waals surface area contributed by atoms with Gasteiger partial charge in [0.15, 0.2) is 0 Å². The zero-order valence-electron chi connectivity index (χ0n) is 7.18. The Kier molecular flexibility index (Phi) is 2.92. The number of rotatable bonds is 3. The van der Waals surface area contributed by atoms with E-state index in [-0.39, 0.29) is 5.91 Å². The molecular weight excluding hydrogens is 138 g/mol. The van der Waals surface area contributed by atoms with E-state index in [0.717, 1.165) is 18.3 Å². The lowest BCUT2D eigenvalue weighted by Crippen LogP contribution is -2.13. The Balaban J connectivity index is 2.20. The first kappa shape index (κ1) is 8.57. The Hall–Kier alpha value is -0.530. The highest BCUT2D eigenvalue weighted by Crippen LogP contribution is 2.34. The van der Waals surface area contributed by atoms with Crippen LogP contribution in [0.2, 0.25) is 0 Å². The zero-order chi connectivity index (χ0) is 8.27. The molecule has 0 heterocycles. The van der Waals surface area contributed by atoms with Crippen LogP contribution in [-0.4, -0.2) is 5.91 Å². The molecule has 0 aromatic carbocycles. The van der Waals surface area contributed by atoms with Gasteiger partial charge in [0.1, 0.15) is 0 Å². The first-order valence-electron chi connectivity index (χ1n) is 4.48. The topological polar surface area (TPSA) is 43.1 Å². The second-order valence-corrected chi connectivity index (χ2v) is 3.67. The number of amides is 1. The van der Waals surface area contributed by atoms with E-state index in [9.17, 15) is 4.79 Å². The van der Waals surface area contributed by atoms with Crippen molar-refractivity contribution in [3.8, 4) is 0 Å². The Morgan fingerprint density at radius 3 is 2.73 bits per heavy atom. The molecule has 0 saturated heterocycles. The van der Waals surface area contributed by atoms with Crippen molar-refractivity contribution >= 4 is 5.91 Å². The molecule has 1 aliphatic rings. The predicted octanol–water partition coefficient (Wildman–Crippen LogP) is 1.69. The van der Waals surface area contributed by atoms with Crippen LogP contribution in [0.3, 0.4) is 0 Å². The number of nitrogens with two attached hydrogens (primary N) is 1. The van der Waals surface area contributed by atoms with Crippen molar-refractivity contribution in [2.75, 3.05) is 0 Å². The summed E-state index contributed by atoms with van der Waals surface area (Å²) in [6, 6.07) is 0. The lowest BCUT2D eigenvalue weighted by Gasteiger charge is -2.12. The zero-order valence-corrected chi connectivity index (χ0v) is 7.18.